The van der Waals surface area contributed by atoms with Gasteiger partial charge in [-0.1, -0.05) is 11.6 Å². The van der Waals surface area contributed by atoms with Gasteiger partial charge in [-0.05, 0) is 50.3 Å². The van der Waals surface area contributed by atoms with Crippen LogP contribution in [0.15, 0.2) is 17.0 Å². The summed E-state index contributed by atoms with van der Waals surface area (Å²) >= 11 is 7.43. The van der Waals surface area contributed by atoms with Gasteiger partial charge < -0.3 is 5.32 Å². The van der Waals surface area contributed by atoms with E-state index in [9.17, 15) is 4.39 Å². The first-order valence-corrected chi connectivity index (χ1v) is 6.95. The van der Waals surface area contributed by atoms with Gasteiger partial charge >= 0.3 is 0 Å². The number of rotatable bonds is 2. The number of nitrogens with one attached hydrogen (secondary N) is 1. The minimum Gasteiger partial charge on any atom is -0.308 e. The maximum absolute atomic E-state index is 13.8. The van der Waals surface area contributed by atoms with Crippen molar-refractivity contribution in [3.63, 3.8) is 0 Å². The van der Waals surface area contributed by atoms with Crippen molar-refractivity contribution in [1.82, 2.24) is 5.32 Å². The highest BCUT2D eigenvalue weighted by molar-refractivity contribution is 7.98. The minimum absolute atomic E-state index is 0.124. The zero-order valence-corrected chi connectivity index (χ0v) is 11.0. The first-order valence-electron chi connectivity index (χ1n) is 5.35. The standard InChI is InChI=1S/C12H15ClFNS/c1-12(4-3-5-15-12)8-6-9(13)11(16-2)10(14)7-8/h6-7,15H,3-5H2,1-2H3. The van der Waals surface area contributed by atoms with Gasteiger partial charge in [-0.15, -0.1) is 11.8 Å². The van der Waals surface area contributed by atoms with Crippen LogP contribution in [0.2, 0.25) is 5.02 Å². The SMILES string of the molecule is CSc1c(F)cc(C2(C)CCCN2)cc1Cl. The van der Waals surface area contributed by atoms with E-state index in [1.807, 2.05) is 12.3 Å². The molecule has 1 aliphatic rings. The molecule has 1 N–H and O–H groups in total. The van der Waals surface area contributed by atoms with E-state index in [-0.39, 0.29) is 11.4 Å². The first-order chi connectivity index (χ1) is 7.57. The Balaban J connectivity index is 2.43. The Kier molecular flexibility index (Phi) is 3.48. The lowest BCUT2D eigenvalue weighted by molar-refractivity contribution is 0.430. The topological polar surface area (TPSA) is 12.0 Å². The van der Waals surface area contributed by atoms with E-state index in [0.29, 0.717) is 9.92 Å². The van der Waals surface area contributed by atoms with Gasteiger partial charge in [0.05, 0.1) is 9.92 Å². The fourth-order valence-corrected chi connectivity index (χ4v) is 3.16. The number of halogens is 2. The highest BCUT2D eigenvalue weighted by atomic mass is 35.5. The van der Waals surface area contributed by atoms with Crippen molar-refractivity contribution in [3.8, 4) is 0 Å². The third kappa shape index (κ3) is 2.08. The summed E-state index contributed by atoms with van der Waals surface area (Å²) in [5.41, 5.74) is 0.826. The molecular weight excluding hydrogens is 245 g/mol. The summed E-state index contributed by atoms with van der Waals surface area (Å²) in [5, 5.41) is 3.92. The molecule has 1 fully saturated rings. The Bertz CT molecular complexity index is 379. The second kappa shape index (κ2) is 4.55. The lowest BCUT2D eigenvalue weighted by Gasteiger charge is -2.25. The molecule has 1 unspecified atom stereocenters. The molecule has 1 nitrogen and oxygen atoms in total. The maximum Gasteiger partial charge on any atom is 0.138 e. The van der Waals surface area contributed by atoms with Crippen molar-refractivity contribution < 1.29 is 4.39 Å². The number of hydrogen-bond acceptors (Lipinski definition) is 2. The molecule has 0 amide bonds. The van der Waals surface area contributed by atoms with Crippen molar-refractivity contribution in [1.29, 1.82) is 0 Å². The van der Waals surface area contributed by atoms with Gasteiger partial charge in [-0.3, -0.25) is 0 Å². The van der Waals surface area contributed by atoms with Gasteiger partial charge in [-0.2, -0.15) is 0 Å². The molecule has 88 valence electrons. The fraction of sp³-hybridized carbons (Fsp3) is 0.500. The summed E-state index contributed by atoms with van der Waals surface area (Å²) in [5.74, 6) is -0.218. The molecule has 1 aromatic rings. The molecule has 1 saturated heterocycles. The molecule has 1 aliphatic heterocycles. The Morgan fingerprint density at radius 2 is 2.25 bits per heavy atom. The smallest absolute Gasteiger partial charge is 0.138 e. The van der Waals surface area contributed by atoms with Crippen LogP contribution in [0, 0.1) is 5.82 Å². The normalized spacial score (nSPS) is 25.0. The molecule has 0 spiro atoms. The summed E-state index contributed by atoms with van der Waals surface area (Å²) in [6.45, 7) is 3.09. The predicted octanol–water partition coefficient (Wildman–Crippen LogP) is 3.80. The Morgan fingerprint density at radius 3 is 2.75 bits per heavy atom. The van der Waals surface area contributed by atoms with Crippen LogP contribution >= 0.6 is 23.4 Å². The van der Waals surface area contributed by atoms with Crippen LogP contribution in [0.4, 0.5) is 4.39 Å². The average molecular weight is 260 g/mol. The molecule has 2 rings (SSSR count). The molecular formula is C12H15ClFNS. The third-order valence-electron chi connectivity index (χ3n) is 3.21. The van der Waals surface area contributed by atoms with E-state index in [2.05, 4.69) is 12.2 Å². The highest BCUT2D eigenvalue weighted by Crippen LogP contribution is 2.36. The second-order valence-corrected chi connectivity index (χ2v) is 5.56. The van der Waals surface area contributed by atoms with E-state index in [1.165, 1.54) is 11.8 Å². The monoisotopic (exact) mass is 259 g/mol. The molecule has 0 radical (unpaired) electrons. The first kappa shape index (κ1) is 12.2. The van der Waals surface area contributed by atoms with Crippen molar-refractivity contribution >= 4 is 23.4 Å². The van der Waals surface area contributed by atoms with Crippen molar-refractivity contribution in [2.45, 2.75) is 30.2 Å². The van der Waals surface area contributed by atoms with Crippen LogP contribution < -0.4 is 5.32 Å². The lowest BCUT2D eigenvalue weighted by Crippen LogP contribution is -2.33. The van der Waals surface area contributed by atoms with Gasteiger partial charge in [0.25, 0.3) is 0 Å². The average Bonchev–Trinajstić information content (AvgIpc) is 2.66. The highest BCUT2D eigenvalue weighted by Gasteiger charge is 2.31. The van der Waals surface area contributed by atoms with E-state index in [1.54, 1.807) is 6.07 Å². The molecule has 4 heteroatoms. The zero-order chi connectivity index (χ0) is 11.8. The Labute approximate surface area is 105 Å². The van der Waals surface area contributed by atoms with Crippen LogP contribution in [-0.2, 0) is 5.54 Å². The lowest BCUT2D eigenvalue weighted by atomic mass is 9.90. The summed E-state index contributed by atoms with van der Waals surface area (Å²) < 4.78 is 13.8. The maximum atomic E-state index is 13.8. The van der Waals surface area contributed by atoms with Crippen LogP contribution in [0.1, 0.15) is 25.3 Å². The van der Waals surface area contributed by atoms with E-state index < -0.39 is 0 Å². The van der Waals surface area contributed by atoms with Crippen LogP contribution in [0.5, 0.6) is 0 Å². The number of benzene rings is 1. The summed E-state index contributed by atoms with van der Waals surface area (Å²) in [4.78, 5) is 0.534. The fourth-order valence-electron chi connectivity index (χ4n) is 2.21. The largest absolute Gasteiger partial charge is 0.308 e. The van der Waals surface area contributed by atoms with Gasteiger partial charge in [0.2, 0.25) is 0 Å². The van der Waals surface area contributed by atoms with Crippen molar-refractivity contribution in [2.24, 2.45) is 0 Å². The quantitative estimate of drug-likeness (QED) is 0.811. The van der Waals surface area contributed by atoms with Gasteiger partial charge in [-0.25, -0.2) is 4.39 Å². The zero-order valence-electron chi connectivity index (χ0n) is 9.44. The summed E-state index contributed by atoms with van der Waals surface area (Å²) in [7, 11) is 0. The van der Waals surface area contributed by atoms with E-state index in [0.717, 1.165) is 24.9 Å². The van der Waals surface area contributed by atoms with Crippen LogP contribution in [-0.4, -0.2) is 12.8 Å². The predicted molar refractivity (Wildman–Crippen MR) is 67.8 cm³/mol. The van der Waals surface area contributed by atoms with Crippen molar-refractivity contribution in [2.75, 3.05) is 12.8 Å². The van der Waals surface area contributed by atoms with E-state index in [4.69, 9.17) is 11.6 Å². The molecule has 0 saturated carbocycles. The summed E-state index contributed by atoms with van der Waals surface area (Å²) in [6, 6.07) is 3.49. The third-order valence-corrected chi connectivity index (χ3v) is 4.44. The Hall–Kier alpha value is -0.250. The number of hydrogen-bond donors (Lipinski definition) is 1. The van der Waals surface area contributed by atoms with Gasteiger partial charge in [0.1, 0.15) is 5.82 Å². The second-order valence-electron chi connectivity index (χ2n) is 4.34. The van der Waals surface area contributed by atoms with E-state index >= 15 is 0 Å². The molecule has 1 aromatic carbocycles. The van der Waals surface area contributed by atoms with Gasteiger partial charge in [0, 0.05) is 5.54 Å². The van der Waals surface area contributed by atoms with Crippen molar-refractivity contribution in [3.05, 3.63) is 28.5 Å². The van der Waals surface area contributed by atoms with Crippen LogP contribution in [0.3, 0.4) is 0 Å². The molecule has 16 heavy (non-hydrogen) atoms. The summed E-state index contributed by atoms with van der Waals surface area (Å²) in [6.07, 6.45) is 3.99. The molecule has 1 atom stereocenters. The van der Waals surface area contributed by atoms with Gasteiger partial charge in [0.15, 0.2) is 0 Å². The Morgan fingerprint density at radius 1 is 1.50 bits per heavy atom. The molecule has 0 aromatic heterocycles. The number of thioether (sulfide) groups is 1. The molecule has 1 heterocycles. The molecule has 0 aliphatic carbocycles. The van der Waals surface area contributed by atoms with Crippen LogP contribution in [0.25, 0.3) is 0 Å². The molecule has 0 bridgehead atoms. The minimum atomic E-state index is -0.218.